The number of rotatable bonds is 5. The second kappa shape index (κ2) is 7.09. The molecule has 0 atom stereocenters. The average Bonchev–Trinajstić information content (AvgIpc) is 2.58. The van der Waals surface area contributed by atoms with E-state index in [4.69, 9.17) is 10.5 Å². The lowest BCUT2D eigenvalue weighted by Gasteiger charge is -2.14. The van der Waals surface area contributed by atoms with Crippen molar-refractivity contribution in [1.82, 2.24) is 9.97 Å². The van der Waals surface area contributed by atoms with Crippen molar-refractivity contribution in [3.63, 3.8) is 0 Å². The average molecular weight is 335 g/mol. The van der Waals surface area contributed by atoms with Gasteiger partial charge in [0.15, 0.2) is 11.6 Å². The molecule has 2 aromatic carbocycles. The van der Waals surface area contributed by atoms with Gasteiger partial charge in [-0.2, -0.15) is 0 Å². The fraction of sp³-hybridized carbons (Fsp3) is 0.158. The van der Waals surface area contributed by atoms with Gasteiger partial charge >= 0.3 is 0 Å². The van der Waals surface area contributed by atoms with Crippen LogP contribution >= 0.6 is 0 Å². The molecule has 6 heteroatoms. The van der Waals surface area contributed by atoms with E-state index in [1.165, 1.54) is 17.5 Å². The molecule has 1 aromatic heterocycles. The summed E-state index contributed by atoms with van der Waals surface area (Å²) in [5, 5.41) is 6.46. The van der Waals surface area contributed by atoms with Crippen LogP contribution in [0, 0.1) is 13.8 Å². The van der Waals surface area contributed by atoms with Crippen LogP contribution in [0.25, 0.3) is 0 Å². The molecule has 0 spiro atoms. The number of hydrogen-bond donors (Lipinski definition) is 3. The van der Waals surface area contributed by atoms with Crippen LogP contribution in [0.4, 0.5) is 28.7 Å². The predicted octanol–water partition coefficient (Wildman–Crippen LogP) is 4.17. The second-order valence-electron chi connectivity index (χ2n) is 5.81. The molecule has 0 bridgehead atoms. The van der Waals surface area contributed by atoms with Gasteiger partial charge < -0.3 is 21.1 Å². The Balaban J connectivity index is 1.89. The largest absolute Gasteiger partial charge is 0.495 e. The number of nitrogens with two attached hydrogens (primary N) is 1. The van der Waals surface area contributed by atoms with Crippen molar-refractivity contribution in [3.8, 4) is 5.75 Å². The Hall–Kier alpha value is -3.28. The Bertz CT molecular complexity index is 874. The summed E-state index contributed by atoms with van der Waals surface area (Å²) in [7, 11) is 1.62. The number of nitrogens with zero attached hydrogens (tertiary/aromatic N) is 2. The molecular formula is C19H21N5O. The SMILES string of the molecule is COc1ccccc1Nc1ncnc(Nc2cc(C)cc(C)c2)c1N. The molecule has 128 valence electrons. The molecule has 0 unspecified atom stereocenters. The minimum atomic E-state index is 0.438. The summed E-state index contributed by atoms with van der Waals surface area (Å²) in [6.07, 6.45) is 1.47. The summed E-state index contributed by atoms with van der Waals surface area (Å²) >= 11 is 0. The molecule has 25 heavy (non-hydrogen) atoms. The van der Waals surface area contributed by atoms with Crippen molar-refractivity contribution in [1.29, 1.82) is 0 Å². The number of para-hydroxylation sites is 2. The van der Waals surface area contributed by atoms with E-state index < -0.39 is 0 Å². The zero-order chi connectivity index (χ0) is 17.8. The van der Waals surface area contributed by atoms with E-state index in [0.717, 1.165) is 11.4 Å². The van der Waals surface area contributed by atoms with E-state index in [2.05, 4.69) is 40.5 Å². The number of hydrogen-bond acceptors (Lipinski definition) is 6. The molecule has 0 saturated carbocycles. The number of aryl methyl sites for hydroxylation is 2. The summed E-state index contributed by atoms with van der Waals surface area (Å²) in [6, 6.07) is 13.8. The van der Waals surface area contributed by atoms with Crippen molar-refractivity contribution < 1.29 is 4.74 Å². The first kappa shape index (κ1) is 16.6. The number of aromatic nitrogens is 2. The first-order valence-electron chi connectivity index (χ1n) is 7.92. The molecule has 0 fully saturated rings. The van der Waals surface area contributed by atoms with E-state index in [1.54, 1.807) is 7.11 Å². The molecule has 4 N–H and O–H groups in total. The van der Waals surface area contributed by atoms with Gasteiger partial charge in [-0.25, -0.2) is 9.97 Å². The lowest BCUT2D eigenvalue weighted by molar-refractivity contribution is 0.417. The number of benzene rings is 2. The predicted molar refractivity (Wildman–Crippen MR) is 102 cm³/mol. The second-order valence-corrected chi connectivity index (χ2v) is 5.81. The Kier molecular flexibility index (Phi) is 4.70. The van der Waals surface area contributed by atoms with E-state index in [0.29, 0.717) is 23.1 Å². The van der Waals surface area contributed by atoms with Crippen molar-refractivity contribution in [2.45, 2.75) is 13.8 Å². The van der Waals surface area contributed by atoms with Crippen LogP contribution in [0.3, 0.4) is 0 Å². The smallest absolute Gasteiger partial charge is 0.159 e. The van der Waals surface area contributed by atoms with E-state index in [-0.39, 0.29) is 0 Å². The molecule has 0 aliphatic rings. The summed E-state index contributed by atoms with van der Waals surface area (Å²) in [6.45, 7) is 4.10. The normalized spacial score (nSPS) is 10.4. The van der Waals surface area contributed by atoms with Gasteiger partial charge in [0.2, 0.25) is 0 Å². The molecule has 0 radical (unpaired) electrons. The Morgan fingerprint density at radius 2 is 1.56 bits per heavy atom. The standard InChI is InChI=1S/C19H21N5O/c1-12-8-13(2)10-14(9-12)23-18-17(20)19(22-11-21-18)24-15-6-4-5-7-16(15)25-3/h4-11H,20H2,1-3H3,(H2,21,22,23,24). The van der Waals surface area contributed by atoms with Gasteiger partial charge in [-0.05, 0) is 49.2 Å². The van der Waals surface area contributed by atoms with Crippen LogP contribution in [0.1, 0.15) is 11.1 Å². The van der Waals surface area contributed by atoms with Gasteiger partial charge in [0.25, 0.3) is 0 Å². The summed E-state index contributed by atoms with van der Waals surface area (Å²) in [4.78, 5) is 8.50. The molecule has 0 saturated heterocycles. The number of nitrogens with one attached hydrogen (secondary N) is 2. The number of anilines is 5. The van der Waals surface area contributed by atoms with Gasteiger partial charge in [-0.15, -0.1) is 0 Å². The molecular weight excluding hydrogens is 314 g/mol. The third kappa shape index (κ3) is 3.80. The number of nitrogen functional groups attached to an aromatic ring is 1. The van der Waals surface area contributed by atoms with Gasteiger partial charge in [0.1, 0.15) is 17.8 Å². The van der Waals surface area contributed by atoms with Crippen molar-refractivity contribution in [2.75, 3.05) is 23.5 Å². The highest BCUT2D eigenvalue weighted by molar-refractivity contribution is 5.81. The number of methoxy groups -OCH3 is 1. The van der Waals surface area contributed by atoms with Gasteiger partial charge in [-0.3, -0.25) is 0 Å². The zero-order valence-corrected chi connectivity index (χ0v) is 14.5. The molecule has 3 rings (SSSR count). The minimum Gasteiger partial charge on any atom is -0.495 e. The highest BCUT2D eigenvalue weighted by Crippen LogP contribution is 2.32. The quantitative estimate of drug-likeness (QED) is 0.649. The third-order valence-corrected chi connectivity index (χ3v) is 3.73. The highest BCUT2D eigenvalue weighted by atomic mass is 16.5. The van der Waals surface area contributed by atoms with Crippen LogP contribution in [0.15, 0.2) is 48.8 Å². The summed E-state index contributed by atoms with van der Waals surface area (Å²) in [5.41, 5.74) is 10.8. The topological polar surface area (TPSA) is 85.1 Å². The molecule has 0 amide bonds. The molecule has 0 aliphatic carbocycles. The van der Waals surface area contributed by atoms with Crippen LogP contribution in [-0.4, -0.2) is 17.1 Å². The zero-order valence-electron chi connectivity index (χ0n) is 14.5. The van der Waals surface area contributed by atoms with Gasteiger partial charge in [0.05, 0.1) is 12.8 Å². The summed E-state index contributed by atoms with van der Waals surface area (Å²) in [5.74, 6) is 1.79. The first-order chi connectivity index (χ1) is 12.1. The van der Waals surface area contributed by atoms with E-state index in [1.807, 2.05) is 36.4 Å². The fourth-order valence-corrected chi connectivity index (χ4v) is 2.65. The maximum Gasteiger partial charge on any atom is 0.159 e. The van der Waals surface area contributed by atoms with Crippen molar-refractivity contribution >= 4 is 28.7 Å². The molecule has 0 aliphatic heterocycles. The molecule has 3 aromatic rings. The number of ether oxygens (including phenoxy) is 1. The van der Waals surface area contributed by atoms with E-state index in [9.17, 15) is 0 Å². The maximum absolute atomic E-state index is 6.26. The van der Waals surface area contributed by atoms with Crippen LogP contribution in [0.2, 0.25) is 0 Å². The van der Waals surface area contributed by atoms with Gasteiger partial charge in [-0.1, -0.05) is 18.2 Å². The maximum atomic E-state index is 6.26. The van der Waals surface area contributed by atoms with Crippen LogP contribution in [0.5, 0.6) is 5.75 Å². The Morgan fingerprint density at radius 1 is 0.920 bits per heavy atom. The van der Waals surface area contributed by atoms with Crippen LogP contribution in [-0.2, 0) is 0 Å². The third-order valence-electron chi connectivity index (χ3n) is 3.73. The minimum absolute atomic E-state index is 0.438. The Morgan fingerprint density at radius 3 is 2.24 bits per heavy atom. The van der Waals surface area contributed by atoms with Crippen molar-refractivity contribution in [2.24, 2.45) is 0 Å². The molecule has 1 heterocycles. The monoisotopic (exact) mass is 335 g/mol. The fourth-order valence-electron chi connectivity index (χ4n) is 2.65. The first-order valence-corrected chi connectivity index (χ1v) is 7.92. The highest BCUT2D eigenvalue weighted by Gasteiger charge is 2.11. The summed E-state index contributed by atoms with van der Waals surface area (Å²) < 4.78 is 5.35. The Labute approximate surface area is 147 Å². The molecule has 6 nitrogen and oxygen atoms in total. The lowest BCUT2D eigenvalue weighted by Crippen LogP contribution is -2.06. The van der Waals surface area contributed by atoms with Crippen LogP contribution < -0.4 is 21.1 Å². The van der Waals surface area contributed by atoms with Gasteiger partial charge in [0, 0.05) is 5.69 Å². The lowest BCUT2D eigenvalue weighted by atomic mass is 10.1. The van der Waals surface area contributed by atoms with E-state index >= 15 is 0 Å². The van der Waals surface area contributed by atoms with Crippen molar-refractivity contribution in [3.05, 3.63) is 59.9 Å².